The smallest absolute Gasteiger partial charge is 0.348 e. The third-order valence-electron chi connectivity index (χ3n) is 5.63. The van der Waals surface area contributed by atoms with Crippen LogP contribution in [0.2, 0.25) is 0 Å². The molecule has 6 nitrogen and oxygen atoms in total. The fourth-order valence-corrected chi connectivity index (χ4v) is 4.05. The molecule has 0 saturated heterocycles. The second kappa shape index (κ2) is 9.98. The second-order valence-electron chi connectivity index (χ2n) is 8.29. The Morgan fingerprint density at radius 2 is 1.69 bits per heavy atom. The first-order chi connectivity index (χ1) is 15.3. The van der Waals surface area contributed by atoms with E-state index in [1.165, 1.54) is 13.0 Å². The zero-order chi connectivity index (χ0) is 23.4. The molecule has 2 aromatic rings. The number of hydrogen-bond donors (Lipinski definition) is 1. The molecule has 0 unspecified atom stereocenters. The number of rotatable bonds is 9. The Balaban J connectivity index is 2.18. The minimum absolute atomic E-state index is 0.0461. The Kier molecular flexibility index (Phi) is 7.33. The maximum absolute atomic E-state index is 13.1. The number of carbonyl (C=O) groups is 3. The summed E-state index contributed by atoms with van der Waals surface area (Å²) in [5, 5.41) is 10.5. The molecule has 3 rings (SSSR count). The predicted molar refractivity (Wildman–Crippen MR) is 121 cm³/mol. The van der Waals surface area contributed by atoms with Crippen molar-refractivity contribution in [1.82, 2.24) is 0 Å². The van der Waals surface area contributed by atoms with E-state index >= 15 is 0 Å². The average molecular weight is 439 g/mol. The van der Waals surface area contributed by atoms with Gasteiger partial charge in [0.25, 0.3) is 0 Å². The van der Waals surface area contributed by atoms with Crippen molar-refractivity contribution < 1.29 is 29.0 Å². The van der Waals surface area contributed by atoms with Gasteiger partial charge in [-0.05, 0) is 50.8 Å². The molecule has 0 spiro atoms. The van der Waals surface area contributed by atoms with Gasteiger partial charge in [-0.25, -0.2) is 4.79 Å². The van der Waals surface area contributed by atoms with Gasteiger partial charge in [-0.3, -0.25) is 9.59 Å². The molecule has 2 aromatic carbocycles. The monoisotopic (exact) mass is 438 g/mol. The zero-order valence-electron chi connectivity index (χ0n) is 19.2. The molecular weight excluding hydrogens is 408 g/mol. The molecule has 1 heterocycles. The quantitative estimate of drug-likeness (QED) is 0.213. The average Bonchev–Trinajstić information content (AvgIpc) is 2.86. The van der Waals surface area contributed by atoms with E-state index in [2.05, 4.69) is 6.92 Å². The molecule has 0 aliphatic carbocycles. The topological polar surface area (TPSA) is 89.9 Å². The number of carbonyl (C=O) groups excluding carboxylic acids is 3. The third-order valence-corrected chi connectivity index (χ3v) is 5.63. The Labute approximate surface area is 188 Å². The molecule has 1 aliphatic rings. The van der Waals surface area contributed by atoms with Gasteiger partial charge in [0, 0.05) is 23.6 Å². The summed E-state index contributed by atoms with van der Waals surface area (Å²) in [4.78, 5) is 38.3. The standard InChI is InChI=1S/C26H30O6/c1-5-7-9-10-17-23(16(4)27)20(29)14-22-25(17)31-21-13-15(3)12-18(19(28)11-8-6-2)24(21)26(30)32-22/h12-14,29H,5-11H2,1-4H3. The number of unbranched alkanes of at least 4 members (excludes halogenated alkanes) is 3. The molecule has 32 heavy (non-hydrogen) atoms. The van der Waals surface area contributed by atoms with Crippen molar-refractivity contribution in [3.05, 3.63) is 46.0 Å². The van der Waals surface area contributed by atoms with Crippen LogP contribution in [0, 0.1) is 6.92 Å². The van der Waals surface area contributed by atoms with Crippen molar-refractivity contribution in [3.8, 4) is 23.0 Å². The molecule has 0 fully saturated rings. The van der Waals surface area contributed by atoms with Crippen molar-refractivity contribution in [2.75, 3.05) is 0 Å². The molecule has 1 aliphatic heterocycles. The first-order valence-corrected chi connectivity index (χ1v) is 11.3. The van der Waals surface area contributed by atoms with Crippen LogP contribution in [0.4, 0.5) is 0 Å². The summed E-state index contributed by atoms with van der Waals surface area (Å²) in [6, 6.07) is 4.61. The van der Waals surface area contributed by atoms with Crippen LogP contribution in [-0.2, 0) is 6.42 Å². The first-order valence-electron chi connectivity index (χ1n) is 11.3. The maximum atomic E-state index is 13.1. The number of phenolic OH excluding ortho intramolecular Hbond substituents is 1. The molecule has 0 atom stereocenters. The Hall–Kier alpha value is -3.15. The number of ketones is 2. The highest BCUT2D eigenvalue weighted by Gasteiger charge is 2.32. The van der Waals surface area contributed by atoms with Gasteiger partial charge >= 0.3 is 5.97 Å². The lowest BCUT2D eigenvalue weighted by molar-refractivity contribution is 0.0731. The van der Waals surface area contributed by atoms with E-state index in [4.69, 9.17) is 9.47 Å². The van der Waals surface area contributed by atoms with Gasteiger partial charge in [0.05, 0.1) is 5.56 Å². The van der Waals surface area contributed by atoms with Crippen LogP contribution in [-0.4, -0.2) is 22.6 Å². The number of benzene rings is 2. The number of esters is 1. The molecular formula is C26H30O6. The largest absolute Gasteiger partial charge is 0.507 e. The van der Waals surface area contributed by atoms with E-state index in [0.29, 0.717) is 18.4 Å². The Morgan fingerprint density at radius 1 is 0.969 bits per heavy atom. The summed E-state index contributed by atoms with van der Waals surface area (Å²) in [6.07, 6.45) is 5.09. The lowest BCUT2D eigenvalue weighted by Gasteiger charge is -2.17. The van der Waals surface area contributed by atoms with Gasteiger partial charge in [-0.1, -0.05) is 33.1 Å². The number of phenols is 1. The van der Waals surface area contributed by atoms with Gasteiger partial charge in [0.1, 0.15) is 17.1 Å². The lowest BCUT2D eigenvalue weighted by atomic mass is 9.96. The molecule has 0 aromatic heterocycles. The second-order valence-corrected chi connectivity index (χ2v) is 8.29. The SMILES string of the molecule is CCCCCc1c2c(cc(O)c1C(C)=O)OC(=O)c1c(cc(C)cc1C(=O)CCCC)O2. The molecule has 0 amide bonds. The van der Waals surface area contributed by atoms with Crippen molar-refractivity contribution in [3.63, 3.8) is 0 Å². The van der Waals surface area contributed by atoms with Crippen molar-refractivity contribution in [1.29, 1.82) is 0 Å². The molecule has 0 bridgehead atoms. The summed E-state index contributed by atoms with van der Waals surface area (Å²) in [7, 11) is 0. The summed E-state index contributed by atoms with van der Waals surface area (Å²) < 4.78 is 11.8. The van der Waals surface area contributed by atoms with E-state index in [0.717, 1.165) is 37.7 Å². The number of aryl methyl sites for hydroxylation is 1. The van der Waals surface area contributed by atoms with Crippen LogP contribution in [0.5, 0.6) is 23.0 Å². The van der Waals surface area contributed by atoms with E-state index in [1.807, 2.05) is 13.8 Å². The number of fused-ring (bicyclic) bond motifs is 2. The number of hydrogen-bond acceptors (Lipinski definition) is 6. The van der Waals surface area contributed by atoms with Crippen LogP contribution < -0.4 is 9.47 Å². The molecule has 0 radical (unpaired) electrons. The van der Waals surface area contributed by atoms with E-state index < -0.39 is 5.97 Å². The van der Waals surface area contributed by atoms with Gasteiger partial charge in [0.2, 0.25) is 0 Å². The Morgan fingerprint density at radius 3 is 2.34 bits per heavy atom. The van der Waals surface area contributed by atoms with Gasteiger partial charge in [-0.2, -0.15) is 0 Å². The predicted octanol–water partition coefficient (Wildman–Crippen LogP) is 6.33. The van der Waals surface area contributed by atoms with Crippen molar-refractivity contribution in [2.45, 2.75) is 72.6 Å². The normalized spacial score (nSPS) is 12.3. The number of Topliss-reactive ketones (excluding diaryl/α,β-unsaturated/α-hetero) is 2. The van der Waals surface area contributed by atoms with Crippen molar-refractivity contribution >= 4 is 17.5 Å². The lowest BCUT2D eigenvalue weighted by Crippen LogP contribution is -2.14. The van der Waals surface area contributed by atoms with Crippen LogP contribution in [0.3, 0.4) is 0 Å². The summed E-state index contributed by atoms with van der Waals surface area (Å²) >= 11 is 0. The van der Waals surface area contributed by atoms with Crippen molar-refractivity contribution in [2.24, 2.45) is 0 Å². The zero-order valence-corrected chi connectivity index (χ0v) is 19.2. The van der Waals surface area contributed by atoms with E-state index in [1.54, 1.807) is 12.1 Å². The van der Waals surface area contributed by atoms with Crippen LogP contribution >= 0.6 is 0 Å². The molecule has 170 valence electrons. The summed E-state index contributed by atoms with van der Waals surface area (Å²) in [6.45, 7) is 7.29. The maximum Gasteiger partial charge on any atom is 0.348 e. The number of aromatic hydroxyl groups is 1. The molecule has 0 saturated carbocycles. The van der Waals surface area contributed by atoms with Crippen LogP contribution in [0.15, 0.2) is 18.2 Å². The van der Waals surface area contributed by atoms with Crippen LogP contribution in [0.25, 0.3) is 0 Å². The number of ether oxygens (including phenoxy) is 2. The molecule has 1 N–H and O–H groups in total. The van der Waals surface area contributed by atoms with E-state index in [9.17, 15) is 19.5 Å². The van der Waals surface area contributed by atoms with Gasteiger partial charge in [0.15, 0.2) is 23.1 Å². The van der Waals surface area contributed by atoms with Gasteiger partial charge < -0.3 is 14.6 Å². The van der Waals surface area contributed by atoms with E-state index in [-0.39, 0.29) is 51.3 Å². The third kappa shape index (κ3) is 4.69. The fourth-order valence-electron chi connectivity index (χ4n) is 4.05. The highest BCUT2D eigenvalue weighted by molar-refractivity contribution is 6.09. The minimum Gasteiger partial charge on any atom is -0.507 e. The Bertz CT molecular complexity index is 1070. The first kappa shape index (κ1) is 23.5. The van der Waals surface area contributed by atoms with Crippen LogP contribution in [0.1, 0.15) is 101 Å². The molecule has 6 heteroatoms. The highest BCUT2D eigenvalue weighted by atomic mass is 16.6. The summed E-state index contributed by atoms with van der Waals surface area (Å²) in [5.74, 6) is -0.887. The summed E-state index contributed by atoms with van der Waals surface area (Å²) in [5.41, 5.74) is 1.82. The highest BCUT2D eigenvalue weighted by Crippen LogP contribution is 2.46. The fraction of sp³-hybridized carbons (Fsp3) is 0.423. The minimum atomic E-state index is -0.715. The van der Waals surface area contributed by atoms with Gasteiger partial charge in [-0.15, -0.1) is 0 Å².